The number of aliphatic carboxylic acids is 1. The molecule has 3 aromatic rings. The molecule has 0 saturated heterocycles. The number of methoxy groups -OCH3 is 1. The van der Waals surface area contributed by atoms with E-state index in [0.717, 1.165) is 10.1 Å². The Bertz CT molecular complexity index is 1050. The molecule has 0 atom stereocenters. The van der Waals surface area contributed by atoms with Crippen LogP contribution in [0.1, 0.15) is 11.3 Å². The first kappa shape index (κ1) is 17.2. The third-order valence-electron chi connectivity index (χ3n) is 3.80. The zero-order valence-corrected chi connectivity index (χ0v) is 13.9. The van der Waals surface area contributed by atoms with Gasteiger partial charge in [0.05, 0.1) is 18.1 Å². The molecule has 2 N–H and O–H groups in total. The van der Waals surface area contributed by atoms with Crippen molar-refractivity contribution in [3.63, 3.8) is 0 Å². The van der Waals surface area contributed by atoms with Gasteiger partial charge in [-0.3, -0.25) is 14.2 Å². The largest absolute Gasteiger partial charge is 0.508 e. The smallest absolute Gasteiger partial charge is 0.323 e. The van der Waals surface area contributed by atoms with Gasteiger partial charge in [-0.1, -0.05) is 18.2 Å². The number of aromatic hydroxyl groups is 1. The first-order valence-corrected chi connectivity index (χ1v) is 7.75. The Hall–Kier alpha value is -3.61. The van der Waals surface area contributed by atoms with E-state index in [0.29, 0.717) is 16.8 Å². The summed E-state index contributed by atoms with van der Waals surface area (Å²) in [7, 11) is 1.49. The average Bonchev–Trinajstić information content (AvgIpc) is 2.63. The highest BCUT2D eigenvalue weighted by Crippen LogP contribution is 2.19. The molecule has 26 heavy (non-hydrogen) atoms. The van der Waals surface area contributed by atoms with Crippen LogP contribution in [0.2, 0.25) is 0 Å². The molecule has 0 spiro atoms. The molecule has 1 aromatic heterocycles. The second-order valence-electron chi connectivity index (χ2n) is 5.56. The van der Waals surface area contributed by atoms with E-state index in [1.807, 2.05) is 0 Å². The molecular formula is C19H16N2O5. The maximum atomic E-state index is 12.7. The summed E-state index contributed by atoms with van der Waals surface area (Å²) in [5.41, 5.74) is 1.25. The van der Waals surface area contributed by atoms with Crippen LogP contribution in [0.3, 0.4) is 0 Å². The summed E-state index contributed by atoms with van der Waals surface area (Å²) in [6.07, 6.45) is 3.19. The van der Waals surface area contributed by atoms with Gasteiger partial charge >= 0.3 is 5.97 Å². The minimum absolute atomic E-state index is 0.122. The average molecular weight is 352 g/mol. The van der Waals surface area contributed by atoms with E-state index in [9.17, 15) is 14.7 Å². The number of ether oxygens (including phenoxy) is 1. The molecule has 1 heterocycles. The van der Waals surface area contributed by atoms with Gasteiger partial charge in [-0.2, -0.15) is 0 Å². The molecule has 0 unspecified atom stereocenters. The highest BCUT2D eigenvalue weighted by molar-refractivity contribution is 5.80. The molecule has 3 rings (SSSR count). The number of fused-ring (bicyclic) bond motifs is 1. The van der Waals surface area contributed by atoms with Crippen molar-refractivity contribution >= 4 is 29.2 Å². The number of hydrogen-bond acceptors (Lipinski definition) is 5. The number of phenols is 1. The number of carbonyl (C=O) groups is 1. The summed E-state index contributed by atoms with van der Waals surface area (Å²) in [6, 6.07) is 11.4. The van der Waals surface area contributed by atoms with Crippen molar-refractivity contribution in [2.75, 3.05) is 7.11 Å². The van der Waals surface area contributed by atoms with Crippen molar-refractivity contribution in [1.29, 1.82) is 0 Å². The van der Waals surface area contributed by atoms with Crippen molar-refractivity contribution in [2.24, 2.45) is 0 Å². The van der Waals surface area contributed by atoms with Crippen LogP contribution in [-0.4, -0.2) is 32.8 Å². The number of carboxylic acid groups (broad SMARTS) is 1. The summed E-state index contributed by atoms with van der Waals surface area (Å²) in [5, 5.41) is 18.5. The molecule has 7 heteroatoms. The first-order chi connectivity index (χ1) is 12.5. The van der Waals surface area contributed by atoms with Crippen molar-refractivity contribution in [1.82, 2.24) is 9.55 Å². The van der Waals surface area contributed by atoms with Gasteiger partial charge in [0.2, 0.25) is 0 Å². The Labute approximate surface area is 148 Å². The number of benzene rings is 2. The van der Waals surface area contributed by atoms with Crippen molar-refractivity contribution in [3.05, 3.63) is 64.1 Å². The van der Waals surface area contributed by atoms with E-state index < -0.39 is 18.1 Å². The second kappa shape index (κ2) is 7.10. The lowest BCUT2D eigenvalue weighted by Gasteiger charge is -2.10. The topological polar surface area (TPSA) is 102 Å². The van der Waals surface area contributed by atoms with E-state index in [2.05, 4.69) is 4.98 Å². The maximum Gasteiger partial charge on any atom is 0.323 e. The van der Waals surface area contributed by atoms with E-state index in [1.54, 1.807) is 36.4 Å². The van der Waals surface area contributed by atoms with Crippen molar-refractivity contribution < 1.29 is 19.7 Å². The fourth-order valence-electron chi connectivity index (χ4n) is 2.53. The minimum atomic E-state index is -1.13. The number of nitrogens with zero attached hydrogens (tertiary/aromatic N) is 2. The predicted molar refractivity (Wildman–Crippen MR) is 97.2 cm³/mol. The molecule has 7 nitrogen and oxygen atoms in total. The summed E-state index contributed by atoms with van der Waals surface area (Å²) in [5.74, 6) is -0.482. The number of hydrogen-bond donors (Lipinski definition) is 2. The van der Waals surface area contributed by atoms with E-state index in [-0.39, 0.29) is 11.4 Å². The molecule has 0 saturated carbocycles. The van der Waals surface area contributed by atoms with Gasteiger partial charge < -0.3 is 14.9 Å². The number of rotatable bonds is 5. The Kier molecular flexibility index (Phi) is 4.70. The first-order valence-electron chi connectivity index (χ1n) is 7.75. The summed E-state index contributed by atoms with van der Waals surface area (Å²) >= 11 is 0. The monoisotopic (exact) mass is 352 g/mol. The van der Waals surface area contributed by atoms with Gasteiger partial charge in [0.1, 0.15) is 23.7 Å². The van der Waals surface area contributed by atoms with Crippen LogP contribution in [0, 0.1) is 0 Å². The minimum Gasteiger partial charge on any atom is -0.508 e. The molecule has 132 valence electrons. The van der Waals surface area contributed by atoms with Crippen molar-refractivity contribution in [3.8, 4) is 11.5 Å². The van der Waals surface area contributed by atoms with Gasteiger partial charge in [-0.25, -0.2) is 4.98 Å². The molecule has 0 amide bonds. The Balaban J connectivity index is 2.13. The summed E-state index contributed by atoms with van der Waals surface area (Å²) < 4.78 is 6.30. The summed E-state index contributed by atoms with van der Waals surface area (Å²) in [6.45, 7) is -0.481. The number of carboxylic acids is 1. The van der Waals surface area contributed by atoms with Crippen LogP contribution in [-0.2, 0) is 11.3 Å². The number of phenolic OH excluding ortho intramolecular Hbond substituents is 1. The van der Waals surface area contributed by atoms with Gasteiger partial charge in [-0.15, -0.1) is 0 Å². The highest BCUT2D eigenvalue weighted by Gasteiger charge is 2.12. The van der Waals surface area contributed by atoms with E-state index in [4.69, 9.17) is 9.84 Å². The quantitative estimate of drug-likeness (QED) is 0.731. The van der Waals surface area contributed by atoms with Crippen LogP contribution >= 0.6 is 0 Å². The van der Waals surface area contributed by atoms with Gasteiger partial charge in [-0.05, 0) is 35.9 Å². The van der Waals surface area contributed by atoms with Gasteiger partial charge in [0.25, 0.3) is 5.56 Å². The molecule has 0 bridgehead atoms. The lowest BCUT2D eigenvalue weighted by molar-refractivity contribution is -0.137. The molecule has 0 aliphatic carbocycles. The SMILES string of the molecule is COc1ccc2nc(/C=C/c3ccc(O)cc3)c(=O)n(CC(=O)O)c2c1. The van der Waals surface area contributed by atoms with Crippen LogP contribution in [0.25, 0.3) is 23.2 Å². The van der Waals surface area contributed by atoms with Gasteiger partial charge in [0.15, 0.2) is 0 Å². The highest BCUT2D eigenvalue weighted by atomic mass is 16.5. The third-order valence-corrected chi connectivity index (χ3v) is 3.80. The lowest BCUT2D eigenvalue weighted by Crippen LogP contribution is -2.27. The standard InChI is InChI=1S/C19H16N2O5/c1-26-14-7-9-15-17(10-14)21(11-18(23)24)19(25)16(20-15)8-4-12-2-5-13(22)6-3-12/h2-10,22H,11H2,1H3,(H,23,24)/b8-4+. The van der Waals surface area contributed by atoms with E-state index >= 15 is 0 Å². The normalized spacial score (nSPS) is 11.1. The predicted octanol–water partition coefficient (Wildman–Crippen LogP) is 2.37. The lowest BCUT2D eigenvalue weighted by atomic mass is 10.2. The zero-order chi connectivity index (χ0) is 18.7. The molecule has 0 aliphatic heterocycles. The van der Waals surface area contributed by atoms with Crippen LogP contribution in [0.4, 0.5) is 0 Å². The van der Waals surface area contributed by atoms with Crippen LogP contribution in [0.15, 0.2) is 47.3 Å². The van der Waals surface area contributed by atoms with Crippen LogP contribution < -0.4 is 10.3 Å². The third kappa shape index (κ3) is 3.56. The molecule has 0 aliphatic rings. The fraction of sp³-hybridized carbons (Fsp3) is 0.105. The molecule has 0 radical (unpaired) electrons. The Morgan fingerprint density at radius 3 is 2.58 bits per heavy atom. The maximum absolute atomic E-state index is 12.7. The molecule has 2 aromatic carbocycles. The second-order valence-corrected chi connectivity index (χ2v) is 5.56. The fourth-order valence-corrected chi connectivity index (χ4v) is 2.53. The molecule has 0 fully saturated rings. The number of aromatic nitrogens is 2. The van der Waals surface area contributed by atoms with Crippen LogP contribution in [0.5, 0.6) is 11.5 Å². The van der Waals surface area contributed by atoms with Crippen molar-refractivity contribution in [2.45, 2.75) is 6.54 Å². The van der Waals surface area contributed by atoms with Gasteiger partial charge in [0, 0.05) is 6.07 Å². The Morgan fingerprint density at radius 1 is 1.19 bits per heavy atom. The molecular weight excluding hydrogens is 336 g/mol. The zero-order valence-electron chi connectivity index (χ0n) is 13.9. The Morgan fingerprint density at radius 2 is 1.92 bits per heavy atom. The summed E-state index contributed by atoms with van der Waals surface area (Å²) in [4.78, 5) is 28.2. The van der Waals surface area contributed by atoms with E-state index in [1.165, 1.54) is 25.3 Å².